The van der Waals surface area contributed by atoms with Crippen LogP contribution >= 0.6 is 0 Å². The van der Waals surface area contributed by atoms with Gasteiger partial charge < -0.3 is 9.64 Å². The number of carbonyl (C=O) groups excluding carboxylic acids is 2. The summed E-state index contributed by atoms with van der Waals surface area (Å²) in [6, 6.07) is 7.66. The van der Waals surface area contributed by atoms with Crippen molar-refractivity contribution >= 4 is 12.0 Å². The van der Waals surface area contributed by atoms with E-state index < -0.39 is 0 Å². The van der Waals surface area contributed by atoms with E-state index in [-0.39, 0.29) is 12.0 Å². The summed E-state index contributed by atoms with van der Waals surface area (Å²) in [7, 11) is 3.05. The van der Waals surface area contributed by atoms with Crippen LogP contribution in [0.1, 0.15) is 54.4 Å². The quantitative estimate of drug-likeness (QED) is 0.584. The number of hydroxylamine groups is 2. The summed E-state index contributed by atoms with van der Waals surface area (Å²) in [5, 5.41) is 1.21. The number of piperidine rings is 1. The van der Waals surface area contributed by atoms with Crippen LogP contribution < -0.4 is 0 Å². The standard InChI is InChI=1S/C19H28N2O4/c1-4-5-14-25-19(23)21-12-10-16(11-13-21)15-6-8-17(9-7-15)18(22)20(2)24-3/h6-9,16H,4-5,10-14H2,1-3H3. The van der Waals surface area contributed by atoms with Crippen LogP contribution in [0.15, 0.2) is 24.3 Å². The van der Waals surface area contributed by atoms with Crippen LogP contribution in [0.2, 0.25) is 0 Å². The Morgan fingerprint density at radius 2 is 1.84 bits per heavy atom. The number of likely N-dealkylation sites (tertiary alicyclic amines) is 1. The van der Waals surface area contributed by atoms with Gasteiger partial charge in [-0.05, 0) is 42.9 Å². The van der Waals surface area contributed by atoms with E-state index in [9.17, 15) is 9.59 Å². The second-order valence-corrected chi connectivity index (χ2v) is 6.34. The smallest absolute Gasteiger partial charge is 0.409 e. The van der Waals surface area contributed by atoms with Gasteiger partial charge in [-0.2, -0.15) is 0 Å². The van der Waals surface area contributed by atoms with Gasteiger partial charge in [0.15, 0.2) is 0 Å². The Balaban J connectivity index is 1.86. The van der Waals surface area contributed by atoms with Crippen molar-refractivity contribution in [2.24, 2.45) is 0 Å². The van der Waals surface area contributed by atoms with Gasteiger partial charge in [-0.3, -0.25) is 9.63 Å². The summed E-state index contributed by atoms with van der Waals surface area (Å²) in [6.07, 6.45) is 3.55. The summed E-state index contributed by atoms with van der Waals surface area (Å²) < 4.78 is 5.27. The topological polar surface area (TPSA) is 59.1 Å². The Kier molecular flexibility index (Phi) is 7.25. The molecule has 0 unspecified atom stereocenters. The molecule has 0 aliphatic carbocycles. The van der Waals surface area contributed by atoms with Crippen LogP contribution in [0, 0.1) is 0 Å². The SMILES string of the molecule is CCCCOC(=O)N1CCC(c2ccc(C(=O)N(C)OC)cc2)CC1. The summed E-state index contributed by atoms with van der Waals surface area (Å²) in [4.78, 5) is 30.7. The molecule has 138 valence electrons. The lowest BCUT2D eigenvalue weighted by Gasteiger charge is -2.31. The highest BCUT2D eigenvalue weighted by atomic mass is 16.7. The Bertz CT molecular complexity index is 565. The lowest BCUT2D eigenvalue weighted by atomic mass is 9.89. The maximum atomic E-state index is 12.0. The fourth-order valence-electron chi connectivity index (χ4n) is 2.95. The van der Waals surface area contributed by atoms with Crippen molar-refractivity contribution < 1.29 is 19.2 Å². The maximum Gasteiger partial charge on any atom is 0.409 e. The van der Waals surface area contributed by atoms with Crippen molar-refractivity contribution in [3.63, 3.8) is 0 Å². The number of benzene rings is 1. The van der Waals surface area contributed by atoms with E-state index in [0.29, 0.717) is 31.2 Å². The Labute approximate surface area is 149 Å². The van der Waals surface area contributed by atoms with Gasteiger partial charge in [0.25, 0.3) is 5.91 Å². The van der Waals surface area contributed by atoms with Gasteiger partial charge in [0.1, 0.15) is 0 Å². The average Bonchev–Trinajstić information content (AvgIpc) is 2.67. The van der Waals surface area contributed by atoms with Crippen LogP contribution in [0.3, 0.4) is 0 Å². The van der Waals surface area contributed by atoms with E-state index in [4.69, 9.17) is 9.57 Å². The molecule has 2 amide bonds. The molecule has 2 rings (SSSR count). The van der Waals surface area contributed by atoms with Gasteiger partial charge >= 0.3 is 6.09 Å². The molecular weight excluding hydrogens is 320 g/mol. The van der Waals surface area contributed by atoms with Gasteiger partial charge in [-0.15, -0.1) is 0 Å². The monoisotopic (exact) mass is 348 g/mol. The molecule has 1 aliphatic rings. The molecule has 0 spiro atoms. The molecule has 0 radical (unpaired) electrons. The fourth-order valence-corrected chi connectivity index (χ4v) is 2.95. The summed E-state index contributed by atoms with van der Waals surface area (Å²) >= 11 is 0. The van der Waals surface area contributed by atoms with Crippen molar-refractivity contribution in [2.45, 2.75) is 38.5 Å². The van der Waals surface area contributed by atoms with E-state index in [2.05, 4.69) is 6.92 Å². The minimum Gasteiger partial charge on any atom is -0.449 e. The zero-order chi connectivity index (χ0) is 18.2. The number of carbonyl (C=O) groups is 2. The lowest BCUT2D eigenvalue weighted by molar-refractivity contribution is -0.0757. The molecule has 0 aromatic heterocycles. The average molecular weight is 348 g/mol. The van der Waals surface area contributed by atoms with E-state index in [1.807, 2.05) is 24.3 Å². The number of rotatable bonds is 6. The number of unbranched alkanes of at least 4 members (excludes halogenated alkanes) is 1. The molecule has 1 saturated heterocycles. The maximum absolute atomic E-state index is 12.0. The molecule has 0 N–H and O–H groups in total. The summed E-state index contributed by atoms with van der Waals surface area (Å²) in [6.45, 7) is 4.00. The second kappa shape index (κ2) is 9.42. The van der Waals surface area contributed by atoms with Gasteiger partial charge in [0.05, 0.1) is 13.7 Å². The Morgan fingerprint density at radius 3 is 2.40 bits per heavy atom. The zero-order valence-corrected chi connectivity index (χ0v) is 15.4. The number of hydrogen-bond donors (Lipinski definition) is 0. The lowest BCUT2D eigenvalue weighted by Crippen LogP contribution is -2.38. The third-order valence-electron chi connectivity index (χ3n) is 4.67. The first-order valence-corrected chi connectivity index (χ1v) is 8.90. The van der Waals surface area contributed by atoms with Crippen LogP contribution in [0.25, 0.3) is 0 Å². The van der Waals surface area contributed by atoms with E-state index in [0.717, 1.165) is 25.7 Å². The fraction of sp³-hybridized carbons (Fsp3) is 0.579. The molecule has 6 heteroatoms. The highest BCUT2D eigenvalue weighted by Gasteiger charge is 2.24. The molecule has 25 heavy (non-hydrogen) atoms. The van der Waals surface area contributed by atoms with Gasteiger partial charge in [-0.1, -0.05) is 25.5 Å². The summed E-state index contributed by atoms with van der Waals surface area (Å²) in [5.74, 6) is 0.239. The van der Waals surface area contributed by atoms with Crippen molar-refractivity contribution in [3.8, 4) is 0 Å². The largest absolute Gasteiger partial charge is 0.449 e. The molecule has 0 bridgehead atoms. The highest BCUT2D eigenvalue weighted by Crippen LogP contribution is 2.28. The van der Waals surface area contributed by atoms with Gasteiger partial charge in [0, 0.05) is 25.7 Å². The third kappa shape index (κ3) is 5.19. The Morgan fingerprint density at radius 1 is 1.20 bits per heavy atom. The predicted octanol–water partition coefficient (Wildman–Crippen LogP) is 3.44. The molecule has 6 nitrogen and oxygen atoms in total. The Hall–Kier alpha value is -2.08. The third-order valence-corrected chi connectivity index (χ3v) is 4.67. The highest BCUT2D eigenvalue weighted by molar-refractivity contribution is 5.93. The van der Waals surface area contributed by atoms with Crippen molar-refractivity contribution in [1.82, 2.24) is 9.96 Å². The van der Waals surface area contributed by atoms with Crippen LogP contribution in [-0.2, 0) is 9.57 Å². The zero-order valence-electron chi connectivity index (χ0n) is 15.4. The molecule has 0 atom stereocenters. The van der Waals surface area contributed by atoms with Crippen molar-refractivity contribution in [1.29, 1.82) is 0 Å². The van der Waals surface area contributed by atoms with Crippen LogP contribution in [-0.4, -0.2) is 55.8 Å². The minimum atomic E-state index is -0.199. The normalized spacial score (nSPS) is 15.1. The molecule has 0 saturated carbocycles. The second-order valence-electron chi connectivity index (χ2n) is 6.34. The first-order chi connectivity index (χ1) is 12.1. The molecule has 1 aliphatic heterocycles. The van der Waals surface area contributed by atoms with E-state index in [1.165, 1.54) is 17.7 Å². The van der Waals surface area contributed by atoms with Crippen LogP contribution in [0.5, 0.6) is 0 Å². The molecular formula is C19H28N2O4. The molecule has 1 fully saturated rings. The summed E-state index contributed by atoms with van der Waals surface area (Å²) in [5.41, 5.74) is 1.81. The number of ether oxygens (including phenoxy) is 1. The predicted molar refractivity (Wildman–Crippen MR) is 95.3 cm³/mol. The first kappa shape index (κ1) is 19.2. The number of nitrogens with zero attached hydrogens (tertiary/aromatic N) is 2. The van der Waals surface area contributed by atoms with Crippen molar-refractivity contribution in [2.75, 3.05) is 33.9 Å². The van der Waals surface area contributed by atoms with E-state index >= 15 is 0 Å². The number of hydrogen-bond acceptors (Lipinski definition) is 4. The van der Waals surface area contributed by atoms with E-state index in [1.54, 1.807) is 11.9 Å². The molecule has 1 aromatic carbocycles. The molecule has 1 heterocycles. The number of amides is 2. The van der Waals surface area contributed by atoms with Crippen molar-refractivity contribution in [3.05, 3.63) is 35.4 Å². The first-order valence-electron chi connectivity index (χ1n) is 8.90. The van der Waals surface area contributed by atoms with Gasteiger partial charge in [-0.25, -0.2) is 9.86 Å². The molecule has 1 aromatic rings. The minimum absolute atomic E-state index is 0.168. The van der Waals surface area contributed by atoms with Crippen LogP contribution in [0.4, 0.5) is 4.79 Å². The van der Waals surface area contributed by atoms with Gasteiger partial charge in [0.2, 0.25) is 0 Å².